The number of ketones is 1. The van der Waals surface area contributed by atoms with E-state index in [2.05, 4.69) is 16.0 Å². The third-order valence-electron chi connectivity index (χ3n) is 5.05. The van der Waals surface area contributed by atoms with Crippen molar-refractivity contribution < 1.29 is 23.6 Å². The molecule has 0 heterocycles. The van der Waals surface area contributed by atoms with E-state index in [0.717, 1.165) is 12.8 Å². The lowest BCUT2D eigenvalue weighted by molar-refractivity contribution is -0.132. The lowest BCUT2D eigenvalue weighted by Crippen LogP contribution is -2.54. The summed E-state index contributed by atoms with van der Waals surface area (Å²) in [5.41, 5.74) is 0.676. The van der Waals surface area contributed by atoms with E-state index in [-0.39, 0.29) is 37.0 Å². The van der Waals surface area contributed by atoms with Crippen molar-refractivity contribution in [2.45, 2.75) is 50.7 Å². The molecule has 174 valence electrons. The van der Waals surface area contributed by atoms with Crippen molar-refractivity contribution in [1.29, 1.82) is 5.41 Å². The van der Waals surface area contributed by atoms with Crippen LogP contribution >= 0.6 is 11.8 Å². The van der Waals surface area contributed by atoms with E-state index in [1.165, 1.54) is 24.3 Å². The third-order valence-corrected chi connectivity index (χ3v) is 5.69. The first kappa shape index (κ1) is 25.5. The minimum absolute atomic E-state index is 0.0149. The number of carbonyl (C=O) groups is 4. The molecule has 0 aromatic heterocycles. The van der Waals surface area contributed by atoms with Crippen molar-refractivity contribution in [3.05, 3.63) is 35.6 Å². The van der Waals surface area contributed by atoms with E-state index in [4.69, 9.17) is 5.41 Å². The minimum atomic E-state index is -1.01. The fourth-order valence-corrected chi connectivity index (χ4v) is 3.43. The molecule has 4 N–H and O–H groups in total. The van der Waals surface area contributed by atoms with Crippen LogP contribution in [0.15, 0.2) is 24.3 Å². The van der Waals surface area contributed by atoms with E-state index >= 15 is 0 Å². The average molecular weight is 465 g/mol. The molecule has 1 saturated carbocycles. The molecule has 2 rings (SSSR count). The smallest absolute Gasteiger partial charge is 0.243 e. The molecule has 0 aliphatic heterocycles. The molecule has 8 nitrogen and oxygen atoms in total. The lowest BCUT2D eigenvalue weighted by Gasteiger charge is -2.23. The molecule has 0 spiro atoms. The van der Waals surface area contributed by atoms with Crippen LogP contribution in [-0.2, 0) is 25.7 Å². The zero-order valence-electron chi connectivity index (χ0n) is 18.0. The molecule has 1 aliphatic carbocycles. The second kappa shape index (κ2) is 12.9. The van der Waals surface area contributed by atoms with Crippen LogP contribution in [0.1, 0.15) is 37.7 Å². The van der Waals surface area contributed by atoms with Crippen LogP contribution in [0.4, 0.5) is 4.39 Å². The zero-order chi connectivity index (χ0) is 23.5. The van der Waals surface area contributed by atoms with Crippen molar-refractivity contribution >= 4 is 41.5 Å². The summed E-state index contributed by atoms with van der Waals surface area (Å²) in [5.74, 6) is -1.41. The van der Waals surface area contributed by atoms with Gasteiger partial charge in [0.2, 0.25) is 17.7 Å². The maximum absolute atomic E-state index is 13.1. The molecular weight excluding hydrogens is 435 g/mol. The first-order chi connectivity index (χ1) is 15.3. The van der Waals surface area contributed by atoms with Crippen molar-refractivity contribution in [2.75, 3.05) is 12.0 Å². The minimum Gasteiger partial charge on any atom is -0.350 e. The molecule has 1 aromatic carbocycles. The molecule has 0 saturated heterocycles. The Bertz CT molecular complexity index is 830. The number of carbonyl (C=O) groups excluding carboxylic acids is 4. The maximum Gasteiger partial charge on any atom is 0.243 e. The number of nitrogens with one attached hydrogen (secondary N) is 4. The summed E-state index contributed by atoms with van der Waals surface area (Å²) < 4.78 is 13.1. The molecule has 0 radical (unpaired) electrons. The Kier molecular flexibility index (Phi) is 10.3. The fraction of sp³-hybridized carbons (Fsp3) is 0.500. The van der Waals surface area contributed by atoms with Crippen LogP contribution in [0.5, 0.6) is 0 Å². The van der Waals surface area contributed by atoms with Crippen LogP contribution in [0, 0.1) is 17.1 Å². The van der Waals surface area contributed by atoms with E-state index in [9.17, 15) is 23.6 Å². The molecule has 32 heavy (non-hydrogen) atoms. The second-order valence-electron chi connectivity index (χ2n) is 7.67. The predicted molar refractivity (Wildman–Crippen MR) is 121 cm³/mol. The molecule has 1 aromatic rings. The number of thioether (sulfide) groups is 1. The van der Waals surface area contributed by atoms with E-state index in [1.807, 2.05) is 6.26 Å². The van der Waals surface area contributed by atoms with Crippen molar-refractivity contribution in [3.8, 4) is 0 Å². The number of halogens is 1. The summed E-state index contributed by atoms with van der Waals surface area (Å²) in [6.45, 7) is 0.123. The quantitative estimate of drug-likeness (QED) is 0.311. The van der Waals surface area contributed by atoms with Gasteiger partial charge in [-0.25, -0.2) is 4.39 Å². The number of hydrogen-bond donors (Lipinski definition) is 4. The van der Waals surface area contributed by atoms with Crippen LogP contribution in [0.3, 0.4) is 0 Å². The molecule has 0 bridgehead atoms. The van der Waals surface area contributed by atoms with Gasteiger partial charge in [0.15, 0.2) is 5.78 Å². The van der Waals surface area contributed by atoms with Crippen molar-refractivity contribution in [1.82, 2.24) is 16.0 Å². The van der Waals surface area contributed by atoms with Crippen LogP contribution < -0.4 is 16.0 Å². The highest BCUT2D eigenvalue weighted by Gasteiger charge is 2.33. The van der Waals surface area contributed by atoms with Crippen LogP contribution in [-0.4, -0.2) is 53.8 Å². The number of benzene rings is 1. The van der Waals surface area contributed by atoms with E-state index in [0.29, 0.717) is 24.0 Å². The van der Waals surface area contributed by atoms with Gasteiger partial charge in [0.1, 0.15) is 17.9 Å². The number of rotatable bonds is 14. The Morgan fingerprint density at radius 1 is 1.09 bits per heavy atom. The Morgan fingerprint density at radius 3 is 2.34 bits per heavy atom. The normalized spacial score (nSPS) is 14.7. The summed E-state index contributed by atoms with van der Waals surface area (Å²) in [5, 5.41) is 15.1. The maximum atomic E-state index is 13.1. The molecular formula is C22H29FN4O4S. The Hall–Kier alpha value is -2.75. The molecule has 10 heteroatoms. The van der Waals surface area contributed by atoms with Gasteiger partial charge in [0.05, 0.1) is 6.21 Å². The van der Waals surface area contributed by atoms with Gasteiger partial charge in [-0.1, -0.05) is 12.1 Å². The summed E-state index contributed by atoms with van der Waals surface area (Å²) in [4.78, 5) is 49.3. The third kappa shape index (κ3) is 8.78. The highest BCUT2D eigenvalue weighted by atomic mass is 32.2. The molecule has 1 aliphatic rings. The first-order valence-electron chi connectivity index (χ1n) is 10.5. The van der Waals surface area contributed by atoms with Crippen molar-refractivity contribution in [3.63, 3.8) is 0 Å². The van der Waals surface area contributed by atoms with Gasteiger partial charge in [0, 0.05) is 18.9 Å². The Balaban J connectivity index is 2.02. The Labute approximate surface area is 191 Å². The van der Waals surface area contributed by atoms with Crippen LogP contribution in [0.2, 0.25) is 0 Å². The second-order valence-corrected chi connectivity index (χ2v) is 8.66. The lowest BCUT2D eigenvalue weighted by atomic mass is 10.1. The summed E-state index contributed by atoms with van der Waals surface area (Å²) in [6, 6.07) is 3.84. The van der Waals surface area contributed by atoms with Gasteiger partial charge < -0.3 is 21.4 Å². The molecule has 2 atom stereocenters. The number of Topliss-reactive ketones (excluding diaryl/α,β-unsaturated/α-hetero) is 1. The van der Waals surface area contributed by atoms with E-state index in [1.54, 1.807) is 11.8 Å². The Morgan fingerprint density at radius 2 is 1.75 bits per heavy atom. The zero-order valence-corrected chi connectivity index (χ0v) is 18.8. The van der Waals surface area contributed by atoms with Gasteiger partial charge >= 0.3 is 0 Å². The first-order valence-corrected chi connectivity index (χ1v) is 11.9. The average Bonchev–Trinajstić information content (AvgIpc) is 3.63. The topological polar surface area (TPSA) is 128 Å². The monoisotopic (exact) mass is 464 g/mol. The SMILES string of the molecule is CSCC[C@H](NC(=O)C1CC1)C(=O)N[C@@H](CCC(=O)C=N)C(=O)NCc1ccc(F)cc1. The van der Waals surface area contributed by atoms with Gasteiger partial charge in [0.25, 0.3) is 0 Å². The predicted octanol–water partition coefficient (Wildman–Crippen LogP) is 1.57. The highest BCUT2D eigenvalue weighted by molar-refractivity contribution is 7.98. The summed E-state index contributed by atoms with van der Waals surface area (Å²) in [6.07, 6.45) is 4.53. The van der Waals surface area contributed by atoms with Crippen molar-refractivity contribution in [2.24, 2.45) is 5.92 Å². The summed E-state index contributed by atoms with van der Waals surface area (Å²) in [7, 11) is 0. The fourth-order valence-electron chi connectivity index (χ4n) is 2.95. The number of amides is 3. The van der Waals surface area contributed by atoms with Gasteiger partial charge in [-0.3, -0.25) is 19.2 Å². The largest absolute Gasteiger partial charge is 0.350 e. The molecule has 3 amide bonds. The van der Waals surface area contributed by atoms with Gasteiger partial charge in [-0.15, -0.1) is 0 Å². The summed E-state index contributed by atoms with van der Waals surface area (Å²) >= 11 is 1.54. The molecule has 1 fully saturated rings. The standard InChI is InChI=1S/C22H29FN4O4S/c1-32-11-10-19(26-20(29)15-4-5-15)22(31)27-18(9-8-17(28)12-24)21(30)25-13-14-2-6-16(23)7-3-14/h2-3,6-7,12,15,18-19,24H,4-5,8-11,13H2,1H3,(H,25,30)(H,26,29)(H,27,31)/t18-,19-/m0/s1. The van der Waals surface area contributed by atoms with Crippen LogP contribution in [0.25, 0.3) is 0 Å². The molecule has 0 unspecified atom stereocenters. The van der Waals surface area contributed by atoms with E-state index < -0.39 is 29.7 Å². The van der Waals surface area contributed by atoms with Gasteiger partial charge in [-0.2, -0.15) is 11.8 Å². The number of hydrogen-bond acceptors (Lipinski definition) is 6. The highest BCUT2D eigenvalue weighted by Crippen LogP contribution is 2.29. The van der Waals surface area contributed by atoms with Gasteiger partial charge in [-0.05, 0) is 55.4 Å².